The molecule has 0 spiro atoms. The van der Waals surface area contributed by atoms with Crippen LogP contribution in [0.2, 0.25) is 0 Å². The summed E-state index contributed by atoms with van der Waals surface area (Å²) >= 11 is 0. The highest BCUT2D eigenvalue weighted by Crippen LogP contribution is 2.23. The summed E-state index contributed by atoms with van der Waals surface area (Å²) in [5.74, 6) is -2.57. The van der Waals surface area contributed by atoms with E-state index in [0.717, 1.165) is 0 Å². The van der Waals surface area contributed by atoms with Gasteiger partial charge in [0.15, 0.2) is 0 Å². The maximum absolute atomic E-state index is 12.3. The van der Waals surface area contributed by atoms with Gasteiger partial charge in [0.25, 0.3) is 17.4 Å². The molecule has 1 N–H and O–H groups in total. The summed E-state index contributed by atoms with van der Waals surface area (Å²) in [5, 5.41) is 0.998. The number of carbonyl (C=O) groups excluding carboxylic acids is 3. The average Bonchev–Trinajstić information content (AvgIpc) is 2.86. The number of rotatable bonds is 2. The van der Waals surface area contributed by atoms with Gasteiger partial charge in [-0.25, -0.2) is 4.79 Å². The van der Waals surface area contributed by atoms with Gasteiger partial charge in [0.1, 0.15) is 5.56 Å². The molecule has 2 amide bonds. The molecule has 3 aromatic rings. The molecule has 0 aliphatic carbocycles. The van der Waals surface area contributed by atoms with E-state index in [1.54, 1.807) is 36.4 Å². The largest absolute Gasteiger partial charge is 0.369 e. The van der Waals surface area contributed by atoms with E-state index in [-0.39, 0.29) is 16.7 Å². The lowest BCUT2D eigenvalue weighted by atomic mass is 10.1. The van der Waals surface area contributed by atoms with Gasteiger partial charge in [-0.3, -0.25) is 14.4 Å². The van der Waals surface area contributed by atoms with Crippen molar-refractivity contribution in [3.63, 3.8) is 0 Å². The predicted molar refractivity (Wildman–Crippen MR) is 86.9 cm³/mol. The number of pyridine rings is 1. The molecular formula is C18H10N2O5. The van der Waals surface area contributed by atoms with Gasteiger partial charge in [0.05, 0.1) is 11.1 Å². The molecule has 4 rings (SSSR count). The monoisotopic (exact) mass is 334 g/mol. The first-order chi connectivity index (χ1) is 12.1. The van der Waals surface area contributed by atoms with Crippen LogP contribution in [0.25, 0.3) is 10.9 Å². The van der Waals surface area contributed by atoms with E-state index in [4.69, 9.17) is 4.84 Å². The zero-order valence-electron chi connectivity index (χ0n) is 12.7. The molecule has 25 heavy (non-hydrogen) atoms. The molecule has 122 valence electrons. The minimum Gasteiger partial charge on any atom is -0.324 e. The van der Waals surface area contributed by atoms with E-state index < -0.39 is 23.3 Å². The highest BCUT2D eigenvalue weighted by molar-refractivity contribution is 6.21. The number of hydroxylamine groups is 2. The lowest BCUT2D eigenvalue weighted by Gasteiger charge is -2.12. The number of benzene rings is 2. The van der Waals surface area contributed by atoms with Crippen LogP contribution in [0, 0.1) is 0 Å². The van der Waals surface area contributed by atoms with Crippen LogP contribution in [0.4, 0.5) is 0 Å². The molecule has 0 unspecified atom stereocenters. The van der Waals surface area contributed by atoms with E-state index >= 15 is 0 Å². The number of hydrogen-bond donors (Lipinski definition) is 1. The van der Waals surface area contributed by atoms with Gasteiger partial charge >= 0.3 is 5.97 Å². The van der Waals surface area contributed by atoms with Crippen molar-refractivity contribution in [3.8, 4) is 0 Å². The summed E-state index contributed by atoms with van der Waals surface area (Å²) in [6, 6.07) is 14.4. The maximum Gasteiger partial charge on any atom is 0.369 e. The third-order valence-corrected chi connectivity index (χ3v) is 3.90. The summed E-state index contributed by atoms with van der Waals surface area (Å²) in [4.78, 5) is 56.3. The second kappa shape index (κ2) is 5.41. The Morgan fingerprint density at radius 2 is 1.48 bits per heavy atom. The summed E-state index contributed by atoms with van der Waals surface area (Å²) in [7, 11) is 0. The van der Waals surface area contributed by atoms with Crippen LogP contribution in [0.5, 0.6) is 0 Å². The first kappa shape index (κ1) is 14.8. The van der Waals surface area contributed by atoms with Crippen molar-refractivity contribution in [1.82, 2.24) is 10.0 Å². The van der Waals surface area contributed by atoms with Crippen LogP contribution < -0.4 is 5.56 Å². The molecule has 1 aromatic heterocycles. The number of amides is 2. The summed E-state index contributed by atoms with van der Waals surface area (Å²) in [5.41, 5.74) is -0.110. The fourth-order valence-corrected chi connectivity index (χ4v) is 2.68. The standard InChI is InChI=1S/C18H10N2O5/c21-15-13(9-10-5-1-4-8-14(10)19-15)18(24)25-20-16(22)11-6-2-3-7-12(11)17(20)23/h1-9H,(H,19,21). The molecular weight excluding hydrogens is 324 g/mol. The number of aromatic nitrogens is 1. The zero-order valence-corrected chi connectivity index (χ0v) is 12.7. The van der Waals surface area contributed by atoms with Crippen LogP contribution in [0.15, 0.2) is 59.4 Å². The van der Waals surface area contributed by atoms with Gasteiger partial charge in [-0.15, -0.1) is 0 Å². The Balaban J connectivity index is 1.68. The number of carbonyl (C=O) groups is 3. The van der Waals surface area contributed by atoms with Crippen LogP contribution in [0.3, 0.4) is 0 Å². The fraction of sp³-hybridized carbons (Fsp3) is 0. The minimum absolute atomic E-state index is 0.146. The van der Waals surface area contributed by atoms with Crippen LogP contribution in [-0.2, 0) is 4.84 Å². The van der Waals surface area contributed by atoms with Crippen molar-refractivity contribution >= 4 is 28.7 Å². The van der Waals surface area contributed by atoms with Gasteiger partial charge < -0.3 is 9.82 Å². The van der Waals surface area contributed by atoms with Crippen LogP contribution >= 0.6 is 0 Å². The van der Waals surface area contributed by atoms with Gasteiger partial charge in [-0.2, -0.15) is 0 Å². The molecule has 1 aliphatic heterocycles. The molecule has 0 radical (unpaired) electrons. The molecule has 0 atom stereocenters. The number of hydrogen-bond acceptors (Lipinski definition) is 5. The Labute approximate surface area is 140 Å². The van der Waals surface area contributed by atoms with E-state index in [9.17, 15) is 19.2 Å². The Kier molecular flexibility index (Phi) is 3.21. The van der Waals surface area contributed by atoms with Crippen molar-refractivity contribution < 1.29 is 19.2 Å². The first-order valence-corrected chi connectivity index (χ1v) is 7.38. The Hall–Kier alpha value is -3.74. The number of nitrogens with zero attached hydrogens (tertiary/aromatic N) is 1. The second-order valence-electron chi connectivity index (χ2n) is 5.43. The van der Waals surface area contributed by atoms with Crippen molar-refractivity contribution in [1.29, 1.82) is 0 Å². The number of nitrogens with one attached hydrogen (secondary N) is 1. The quantitative estimate of drug-likeness (QED) is 0.722. The smallest absolute Gasteiger partial charge is 0.324 e. The van der Waals surface area contributed by atoms with Crippen molar-refractivity contribution in [3.05, 3.63) is 81.6 Å². The number of imide groups is 1. The number of para-hydroxylation sites is 1. The lowest BCUT2D eigenvalue weighted by molar-refractivity contribution is -0.0585. The maximum atomic E-state index is 12.3. The highest BCUT2D eigenvalue weighted by atomic mass is 16.7. The molecule has 7 heteroatoms. The van der Waals surface area contributed by atoms with E-state index in [1.165, 1.54) is 18.2 Å². The van der Waals surface area contributed by atoms with Gasteiger partial charge in [-0.05, 0) is 29.7 Å². The number of aromatic amines is 1. The van der Waals surface area contributed by atoms with E-state index in [0.29, 0.717) is 16.0 Å². The summed E-state index contributed by atoms with van der Waals surface area (Å²) in [6.45, 7) is 0. The first-order valence-electron chi connectivity index (χ1n) is 7.38. The average molecular weight is 334 g/mol. The fourth-order valence-electron chi connectivity index (χ4n) is 2.68. The van der Waals surface area contributed by atoms with Crippen LogP contribution in [-0.4, -0.2) is 27.8 Å². The van der Waals surface area contributed by atoms with Crippen LogP contribution in [0.1, 0.15) is 31.1 Å². The highest BCUT2D eigenvalue weighted by Gasteiger charge is 2.39. The number of H-pyrrole nitrogens is 1. The van der Waals surface area contributed by atoms with Crippen molar-refractivity contribution in [2.24, 2.45) is 0 Å². The third kappa shape index (κ3) is 2.29. The second-order valence-corrected chi connectivity index (χ2v) is 5.43. The molecule has 1 aliphatic rings. The van der Waals surface area contributed by atoms with E-state index in [1.807, 2.05) is 0 Å². The number of fused-ring (bicyclic) bond motifs is 2. The topological polar surface area (TPSA) is 96.5 Å². The molecule has 2 aromatic carbocycles. The van der Waals surface area contributed by atoms with Gasteiger partial charge in [-0.1, -0.05) is 35.4 Å². The Bertz CT molecular complexity index is 1080. The van der Waals surface area contributed by atoms with Gasteiger partial charge in [0.2, 0.25) is 0 Å². The predicted octanol–water partition coefficient (Wildman–Crippen LogP) is 1.90. The molecule has 0 bridgehead atoms. The molecule has 0 fully saturated rings. The summed E-state index contributed by atoms with van der Waals surface area (Å²) < 4.78 is 0. The SMILES string of the molecule is O=C(ON1C(=O)c2ccccc2C1=O)c1cc2ccccc2[nH]c1=O. The Morgan fingerprint density at radius 3 is 2.16 bits per heavy atom. The third-order valence-electron chi connectivity index (χ3n) is 3.90. The molecule has 2 heterocycles. The molecule has 7 nitrogen and oxygen atoms in total. The minimum atomic E-state index is -1.08. The molecule has 0 saturated carbocycles. The Morgan fingerprint density at radius 1 is 0.880 bits per heavy atom. The van der Waals surface area contributed by atoms with Crippen molar-refractivity contribution in [2.75, 3.05) is 0 Å². The zero-order chi connectivity index (χ0) is 17.6. The van der Waals surface area contributed by atoms with Gasteiger partial charge in [0, 0.05) is 5.52 Å². The lowest BCUT2D eigenvalue weighted by Crippen LogP contribution is -2.34. The molecule has 0 saturated heterocycles. The summed E-state index contributed by atoms with van der Waals surface area (Å²) in [6.07, 6.45) is 0. The van der Waals surface area contributed by atoms with E-state index in [2.05, 4.69) is 4.98 Å². The van der Waals surface area contributed by atoms with Crippen molar-refractivity contribution in [2.45, 2.75) is 0 Å². The normalized spacial score (nSPS) is 13.2.